The molecule has 0 aromatic carbocycles. The molecule has 0 saturated carbocycles. The minimum atomic E-state index is -4.68. The Morgan fingerprint density at radius 2 is 1.29 bits per heavy atom. The highest BCUT2D eigenvalue weighted by molar-refractivity contribution is 7.45. The van der Waals surface area contributed by atoms with E-state index in [0.717, 1.165) is 44.9 Å². The number of aliphatic hydroxyl groups is 2. The average molecular weight is 836 g/mol. The van der Waals surface area contributed by atoms with Crippen LogP contribution in [0.15, 0.2) is 85.1 Å². The Hall–Kier alpha value is -2.89. The Balaban J connectivity index is 4.64. The molecule has 4 atom stereocenters. The summed E-state index contributed by atoms with van der Waals surface area (Å²) in [6.45, 7) is 3.75. The van der Waals surface area contributed by atoms with Gasteiger partial charge in [0.1, 0.15) is 19.8 Å². The lowest BCUT2D eigenvalue weighted by Gasteiger charge is -2.28. The van der Waals surface area contributed by atoms with Gasteiger partial charge >= 0.3 is 11.9 Å². The fraction of sp³-hybridized carbons (Fsp3) is 0.652. The van der Waals surface area contributed by atoms with Gasteiger partial charge in [0, 0.05) is 12.8 Å². The van der Waals surface area contributed by atoms with E-state index in [1.165, 1.54) is 25.7 Å². The van der Waals surface area contributed by atoms with Crippen molar-refractivity contribution in [2.75, 3.05) is 47.5 Å². The van der Waals surface area contributed by atoms with Crippen LogP contribution in [-0.4, -0.2) is 92.5 Å². The van der Waals surface area contributed by atoms with Gasteiger partial charge in [-0.3, -0.25) is 14.2 Å². The number of hydrogen-bond acceptors (Lipinski definition) is 10. The van der Waals surface area contributed by atoms with Gasteiger partial charge in [-0.25, -0.2) is 0 Å². The Kier molecular flexibility index (Phi) is 35.3. The summed E-state index contributed by atoms with van der Waals surface area (Å²) >= 11 is 0. The first-order valence-electron chi connectivity index (χ1n) is 21.5. The molecule has 0 rings (SSSR count). The number of ether oxygens (including phenoxy) is 2. The van der Waals surface area contributed by atoms with Crippen LogP contribution in [-0.2, 0) is 32.7 Å². The van der Waals surface area contributed by atoms with Gasteiger partial charge in [-0.15, -0.1) is 0 Å². The molecular formula is C46H78NO10P. The van der Waals surface area contributed by atoms with E-state index in [1.54, 1.807) is 30.4 Å². The van der Waals surface area contributed by atoms with E-state index in [1.807, 2.05) is 63.7 Å². The molecular weight excluding hydrogens is 757 g/mol. The summed E-state index contributed by atoms with van der Waals surface area (Å²) in [6, 6.07) is 0. The van der Waals surface area contributed by atoms with Crippen LogP contribution >= 0.6 is 7.82 Å². The van der Waals surface area contributed by atoms with Crippen molar-refractivity contribution in [3.8, 4) is 0 Å². The van der Waals surface area contributed by atoms with Crippen LogP contribution in [0.3, 0.4) is 0 Å². The molecule has 58 heavy (non-hydrogen) atoms. The summed E-state index contributed by atoms with van der Waals surface area (Å²) in [7, 11) is 1.03. The van der Waals surface area contributed by atoms with Gasteiger partial charge in [0.2, 0.25) is 0 Å². The quantitative estimate of drug-likeness (QED) is 0.0155. The largest absolute Gasteiger partial charge is 0.756 e. The lowest BCUT2D eigenvalue weighted by atomic mass is 10.1. The normalized spacial score (nSPS) is 15.5. The molecule has 0 aliphatic carbocycles. The fourth-order valence-electron chi connectivity index (χ4n) is 5.15. The highest BCUT2D eigenvalue weighted by Crippen LogP contribution is 2.38. The number of aliphatic hydroxyl groups excluding tert-OH is 2. The SMILES string of the molecule is CC/C=C\C[C@@H](O)/C=C/C=C\C/C=C\C=C\[C@@H](O)/C=C\CCCC(=O)OC[C@H](COP(=O)([O-])OCC[N+](C)(C)C)OC(=O)CCCCCCC/C=C\CCCCCC. The van der Waals surface area contributed by atoms with Gasteiger partial charge in [0.05, 0.1) is 40.0 Å². The number of quaternary nitrogens is 1. The maximum absolute atomic E-state index is 12.6. The van der Waals surface area contributed by atoms with Crippen molar-refractivity contribution in [1.29, 1.82) is 0 Å². The second-order valence-electron chi connectivity index (χ2n) is 15.4. The number of allylic oxidation sites excluding steroid dienone is 10. The van der Waals surface area contributed by atoms with Crippen LogP contribution in [0.2, 0.25) is 0 Å². The van der Waals surface area contributed by atoms with E-state index >= 15 is 0 Å². The number of likely N-dealkylation sites (N-methyl/N-ethyl adjacent to an activating group) is 1. The molecule has 0 aliphatic heterocycles. The number of unbranched alkanes of at least 4 members (excludes halogenated alkanes) is 10. The number of rotatable bonds is 37. The Morgan fingerprint density at radius 1 is 0.672 bits per heavy atom. The Labute approximate surface area is 351 Å². The number of hydrogen-bond donors (Lipinski definition) is 2. The number of phosphoric acid groups is 1. The molecule has 11 nitrogen and oxygen atoms in total. The monoisotopic (exact) mass is 836 g/mol. The second kappa shape index (κ2) is 37.1. The maximum atomic E-state index is 12.6. The molecule has 2 N–H and O–H groups in total. The van der Waals surface area contributed by atoms with Crippen molar-refractivity contribution in [3.63, 3.8) is 0 Å². The minimum absolute atomic E-state index is 0.0699. The summed E-state index contributed by atoms with van der Waals surface area (Å²) in [5, 5.41) is 20.0. The molecule has 0 aliphatic rings. The lowest BCUT2D eigenvalue weighted by Crippen LogP contribution is -2.37. The molecule has 0 aromatic rings. The maximum Gasteiger partial charge on any atom is 0.306 e. The van der Waals surface area contributed by atoms with Gasteiger partial charge in [0.15, 0.2) is 6.10 Å². The summed E-state index contributed by atoms with van der Waals surface area (Å²) < 4.78 is 33.7. The molecule has 0 saturated heterocycles. The molecule has 1 unspecified atom stereocenters. The zero-order valence-electron chi connectivity index (χ0n) is 36.4. The van der Waals surface area contributed by atoms with Crippen molar-refractivity contribution < 1.29 is 52.3 Å². The molecule has 0 aromatic heterocycles. The summed E-state index contributed by atoms with van der Waals surface area (Å²) in [5.74, 6) is -1.04. The molecule has 0 spiro atoms. The topological polar surface area (TPSA) is 152 Å². The van der Waals surface area contributed by atoms with E-state index in [0.29, 0.717) is 43.1 Å². The number of carbonyl (C=O) groups is 2. The number of nitrogens with zero attached hydrogens (tertiary/aromatic N) is 1. The Bertz CT molecular complexity index is 1300. The van der Waals surface area contributed by atoms with Crippen molar-refractivity contribution in [2.45, 2.75) is 148 Å². The van der Waals surface area contributed by atoms with Gasteiger partial charge < -0.3 is 38.1 Å². The predicted molar refractivity (Wildman–Crippen MR) is 234 cm³/mol. The van der Waals surface area contributed by atoms with Crippen LogP contribution in [0.1, 0.15) is 129 Å². The van der Waals surface area contributed by atoms with E-state index in [4.69, 9.17) is 18.5 Å². The fourth-order valence-corrected chi connectivity index (χ4v) is 5.88. The summed E-state index contributed by atoms with van der Waals surface area (Å²) in [4.78, 5) is 37.5. The minimum Gasteiger partial charge on any atom is -0.756 e. The first-order valence-corrected chi connectivity index (χ1v) is 23.0. The summed E-state index contributed by atoms with van der Waals surface area (Å²) in [6.07, 6.45) is 39.7. The van der Waals surface area contributed by atoms with Crippen LogP contribution < -0.4 is 4.89 Å². The highest BCUT2D eigenvalue weighted by atomic mass is 31.2. The number of phosphoric ester groups is 1. The van der Waals surface area contributed by atoms with Crippen molar-refractivity contribution in [2.24, 2.45) is 0 Å². The van der Waals surface area contributed by atoms with Crippen LogP contribution in [0, 0.1) is 0 Å². The van der Waals surface area contributed by atoms with E-state index in [-0.39, 0.29) is 26.1 Å². The molecule has 0 amide bonds. The third kappa shape index (κ3) is 39.9. The zero-order valence-corrected chi connectivity index (χ0v) is 37.3. The molecule has 0 radical (unpaired) electrons. The van der Waals surface area contributed by atoms with Crippen LogP contribution in [0.5, 0.6) is 0 Å². The third-order valence-corrected chi connectivity index (χ3v) is 9.54. The van der Waals surface area contributed by atoms with E-state index in [9.17, 15) is 29.3 Å². The highest BCUT2D eigenvalue weighted by Gasteiger charge is 2.21. The number of carbonyl (C=O) groups excluding carboxylic acids is 2. The Morgan fingerprint density at radius 3 is 1.97 bits per heavy atom. The second-order valence-corrected chi connectivity index (χ2v) is 16.8. The zero-order chi connectivity index (χ0) is 43.2. The lowest BCUT2D eigenvalue weighted by molar-refractivity contribution is -0.870. The van der Waals surface area contributed by atoms with E-state index < -0.39 is 44.7 Å². The third-order valence-electron chi connectivity index (χ3n) is 8.57. The number of esters is 2. The van der Waals surface area contributed by atoms with Crippen LogP contribution in [0.25, 0.3) is 0 Å². The van der Waals surface area contributed by atoms with E-state index in [2.05, 4.69) is 26.0 Å². The predicted octanol–water partition coefficient (Wildman–Crippen LogP) is 9.33. The molecule has 332 valence electrons. The van der Waals surface area contributed by atoms with Gasteiger partial charge in [-0.05, 0) is 64.2 Å². The average Bonchev–Trinajstić information content (AvgIpc) is 3.16. The molecule has 12 heteroatoms. The van der Waals surface area contributed by atoms with Crippen LogP contribution in [0.4, 0.5) is 0 Å². The van der Waals surface area contributed by atoms with Crippen molar-refractivity contribution in [1.82, 2.24) is 0 Å². The molecule has 0 bridgehead atoms. The molecule has 0 fully saturated rings. The van der Waals surface area contributed by atoms with Gasteiger partial charge in [-0.1, -0.05) is 137 Å². The van der Waals surface area contributed by atoms with Gasteiger partial charge in [-0.2, -0.15) is 0 Å². The standard InChI is InChI=1S/C46H78NO10P/c1-6-8-10-11-12-13-14-15-16-17-21-24-30-37-46(51)57-44(41-56-58(52,53)55-39-38-47(3,4)5)40-54-45(50)36-31-25-29-35-43(49)34-28-23-20-18-19-22-27-33-42(48)32-26-9-7-2/h9,13-14,19-20,22-23,26-29,33-35,42-44,48-49H,6-8,10-12,15-18,21,24-25,30-32,36-41H2,1-5H3/b14-13-,22-19-,23-20-,26-9-,33-27+,34-28+,35-29-/t42-,43-,44-/m1/s1. The van der Waals surface area contributed by atoms with Gasteiger partial charge in [0.25, 0.3) is 7.82 Å². The smallest absolute Gasteiger partial charge is 0.306 e. The first kappa shape index (κ1) is 55.1. The van der Waals surface area contributed by atoms with Crippen molar-refractivity contribution in [3.05, 3.63) is 85.1 Å². The summed E-state index contributed by atoms with van der Waals surface area (Å²) in [5.41, 5.74) is 0. The van der Waals surface area contributed by atoms with Crippen molar-refractivity contribution >= 4 is 19.8 Å². The molecule has 0 heterocycles. The first-order chi connectivity index (χ1) is 27.8.